The lowest BCUT2D eigenvalue weighted by atomic mass is 9.93. The molecule has 168 valence electrons. The van der Waals surface area contributed by atoms with E-state index in [1.54, 1.807) is 0 Å². The highest BCUT2D eigenvalue weighted by molar-refractivity contribution is 5.94. The first-order valence-electron chi connectivity index (χ1n) is 11.5. The van der Waals surface area contributed by atoms with Crippen molar-refractivity contribution < 1.29 is 9.32 Å². The van der Waals surface area contributed by atoms with Crippen LogP contribution in [0.1, 0.15) is 53.9 Å². The van der Waals surface area contributed by atoms with Crippen LogP contribution in [0, 0.1) is 6.92 Å². The fourth-order valence-electron chi connectivity index (χ4n) is 4.30. The summed E-state index contributed by atoms with van der Waals surface area (Å²) >= 11 is 0. The maximum atomic E-state index is 13.3. The van der Waals surface area contributed by atoms with E-state index in [1.165, 1.54) is 19.3 Å². The summed E-state index contributed by atoms with van der Waals surface area (Å²) in [5, 5.41) is 4.16. The molecule has 1 aromatic heterocycles. The Hall–Kier alpha value is -3.15. The van der Waals surface area contributed by atoms with E-state index in [0.717, 1.165) is 35.2 Å². The lowest BCUT2D eigenvalue weighted by Gasteiger charge is -2.34. The average Bonchev–Trinajstić information content (AvgIpc) is 3.29. The molecule has 32 heavy (non-hydrogen) atoms. The van der Waals surface area contributed by atoms with Gasteiger partial charge in [0.05, 0.1) is 0 Å². The zero-order chi connectivity index (χ0) is 22.5. The molecule has 6 nitrogen and oxygen atoms in total. The molecular weight excluding hydrogens is 400 g/mol. The van der Waals surface area contributed by atoms with Crippen molar-refractivity contribution in [3.05, 3.63) is 65.5 Å². The third-order valence-corrected chi connectivity index (χ3v) is 6.25. The second-order valence-electron chi connectivity index (χ2n) is 8.86. The number of benzene rings is 2. The standard InChI is InChI=1S/C26H32N4O2/c1-19-9-11-21(12-10-19)26(31)30(23-7-5-4-6-8-23)18-17-24-27-25(28-32-24)20-13-15-22(16-14-20)29(2)3/h9-16,23H,4-8,17-18H2,1-3H3. The van der Waals surface area contributed by atoms with Gasteiger partial charge in [-0.05, 0) is 56.2 Å². The average molecular weight is 433 g/mol. The van der Waals surface area contributed by atoms with E-state index < -0.39 is 0 Å². The summed E-state index contributed by atoms with van der Waals surface area (Å²) in [5.74, 6) is 1.24. The molecule has 0 N–H and O–H groups in total. The SMILES string of the molecule is Cc1ccc(C(=O)N(CCc2nc(-c3ccc(N(C)C)cc3)no2)C2CCCCC2)cc1. The lowest BCUT2D eigenvalue weighted by molar-refractivity contribution is 0.0632. The highest BCUT2D eigenvalue weighted by Crippen LogP contribution is 2.25. The number of hydrogen-bond donors (Lipinski definition) is 0. The Balaban J connectivity index is 1.47. The number of rotatable bonds is 7. The molecule has 1 saturated carbocycles. The molecule has 0 saturated heterocycles. The maximum Gasteiger partial charge on any atom is 0.254 e. The number of anilines is 1. The number of carbonyl (C=O) groups excluding carboxylic acids is 1. The van der Waals surface area contributed by atoms with E-state index in [-0.39, 0.29) is 11.9 Å². The fourth-order valence-corrected chi connectivity index (χ4v) is 4.30. The maximum absolute atomic E-state index is 13.3. The molecule has 4 rings (SSSR count). The van der Waals surface area contributed by atoms with Gasteiger partial charge < -0.3 is 14.3 Å². The Kier molecular flexibility index (Phi) is 6.88. The number of nitrogens with zero attached hydrogens (tertiary/aromatic N) is 4. The van der Waals surface area contributed by atoms with Crippen molar-refractivity contribution in [1.29, 1.82) is 0 Å². The molecule has 1 aliphatic carbocycles. The zero-order valence-corrected chi connectivity index (χ0v) is 19.3. The van der Waals surface area contributed by atoms with Crippen molar-refractivity contribution in [2.45, 2.75) is 51.5 Å². The molecule has 0 bridgehead atoms. The van der Waals surface area contributed by atoms with Crippen LogP contribution in [0.4, 0.5) is 5.69 Å². The minimum absolute atomic E-state index is 0.0934. The van der Waals surface area contributed by atoms with Gasteiger partial charge in [-0.3, -0.25) is 4.79 Å². The van der Waals surface area contributed by atoms with Crippen molar-refractivity contribution >= 4 is 11.6 Å². The predicted molar refractivity (Wildman–Crippen MR) is 127 cm³/mol. The van der Waals surface area contributed by atoms with Gasteiger partial charge in [0.2, 0.25) is 11.7 Å². The molecule has 0 aliphatic heterocycles. The Morgan fingerprint density at radius 1 is 1.00 bits per heavy atom. The number of carbonyl (C=O) groups is 1. The van der Waals surface area contributed by atoms with Crippen molar-refractivity contribution in [1.82, 2.24) is 15.0 Å². The van der Waals surface area contributed by atoms with E-state index in [0.29, 0.717) is 24.7 Å². The molecule has 0 unspecified atom stereocenters. The molecule has 0 spiro atoms. The van der Waals surface area contributed by atoms with Crippen LogP contribution in [0.3, 0.4) is 0 Å². The second-order valence-corrected chi connectivity index (χ2v) is 8.86. The summed E-state index contributed by atoms with van der Waals surface area (Å²) in [7, 11) is 4.02. The smallest absolute Gasteiger partial charge is 0.254 e. The Morgan fingerprint density at radius 3 is 2.34 bits per heavy atom. The Morgan fingerprint density at radius 2 is 1.69 bits per heavy atom. The summed E-state index contributed by atoms with van der Waals surface area (Å²) in [6.07, 6.45) is 6.28. The number of hydrogen-bond acceptors (Lipinski definition) is 5. The van der Waals surface area contributed by atoms with Crippen molar-refractivity contribution in [2.75, 3.05) is 25.5 Å². The highest BCUT2D eigenvalue weighted by Gasteiger charge is 2.26. The summed E-state index contributed by atoms with van der Waals surface area (Å²) in [6, 6.07) is 16.2. The molecule has 1 heterocycles. The molecule has 0 atom stereocenters. The zero-order valence-electron chi connectivity index (χ0n) is 19.3. The van der Waals surface area contributed by atoms with Gasteiger partial charge in [0, 0.05) is 49.9 Å². The van der Waals surface area contributed by atoms with Gasteiger partial charge in [-0.1, -0.05) is 42.1 Å². The van der Waals surface area contributed by atoms with Gasteiger partial charge in [-0.2, -0.15) is 4.98 Å². The summed E-state index contributed by atoms with van der Waals surface area (Å²) < 4.78 is 5.53. The van der Waals surface area contributed by atoms with Crippen LogP contribution >= 0.6 is 0 Å². The minimum atomic E-state index is 0.0934. The van der Waals surface area contributed by atoms with E-state index in [2.05, 4.69) is 15.0 Å². The minimum Gasteiger partial charge on any atom is -0.378 e. The highest BCUT2D eigenvalue weighted by atomic mass is 16.5. The molecule has 1 amide bonds. The predicted octanol–water partition coefficient (Wildman–Crippen LogP) is 5.13. The molecular formula is C26H32N4O2. The van der Waals surface area contributed by atoms with E-state index in [1.807, 2.05) is 74.4 Å². The number of aryl methyl sites for hydroxylation is 1. The normalized spacial score (nSPS) is 14.3. The summed E-state index contributed by atoms with van der Waals surface area (Å²) in [4.78, 5) is 22.0. The monoisotopic (exact) mass is 432 g/mol. The van der Waals surface area contributed by atoms with Crippen LogP contribution in [-0.2, 0) is 6.42 Å². The van der Waals surface area contributed by atoms with E-state index >= 15 is 0 Å². The van der Waals surface area contributed by atoms with Crippen LogP contribution in [0.15, 0.2) is 53.1 Å². The van der Waals surface area contributed by atoms with Gasteiger partial charge >= 0.3 is 0 Å². The molecule has 6 heteroatoms. The van der Waals surface area contributed by atoms with Crippen LogP contribution in [0.5, 0.6) is 0 Å². The van der Waals surface area contributed by atoms with Crippen molar-refractivity contribution in [3.8, 4) is 11.4 Å². The van der Waals surface area contributed by atoms with Crippen LogP contribution in [0.2, 0.25) is 0 Å². The van der Waals surface area contributed by atoms with Gasteiger partial charge in [0.25, 0.3) is 5.91 Å². The summed E-state index contributed by atoms with van der Waals surface area (Å²) in [5.41, 5.74) is 3.94. The number of amides is 1. The second kappa shape index (κ2) is 9.98. The Bertz CT molecular complexity index is 1020. The first kappa shape index (κ1) is 22.1. The van der Waals surface area contributed by atoms with Gasteiger partial charge in [0.1, 0.15) is 0 Å². The van der Waals surface area contributed by atoms with Crippen LogP contribution in [-0.4, -0.2) is 47.6 Å². The molecule has 2 aromatic carbocycles. The largest absolute Gasteiger partial charge is 0.378 e. The third-order valence-electron chi connectivity index (χ3n) is 6.25. The van der Waals surface area contributed by atoms with Gasteiger partial charge in [-0.25, -0.2) is 0 Å². The Labute approximate surface area is 190 Å². The molecule has 1 aliphatic rings. The van der Waals surface area contributed by atoms with E-state index in [4.69, 9.17) is 4.52 Å². The summed E-state index contributed by atoms with van der Waals surface area (Å²) in [6.45, 7) is 2.62. The van der Waals surface area contributed by atoms with Crippen LogP contribution < -0.4 is 4.90 Å². The first-order valence-corrected chi connectivity index (χ1v) is 11.5. The lowest BCUT2D eigenvalue weighted by Crippen LogP contribution is -2.42. The third kappa shape index (κ3) is 5.18. The molecule has 3 aromatic rings. The first-order chi connectivity index (χ1) is 15.5. The molecule has 1 fully saturated rings. The van der Waals surface area contributed by atoms with Crippen molar-refractivity contribution in [2.24, 2.45) is 0 Å². The van der Waals surface area contributed by atoms with Gasteiger partial charge in [0.15, 0.2) is 0 Å². The topological polar surface area (TPSA) is 62.5 Å². The quantitative estimate of drug-likeness (QED) is 0.518. The van der Waals surface area contributed by atoms with Gasteiger partial charge in [-0.15, -0.1) is 0 Å². The van der Waals surface area contributed by atoms with E-state index in [9.17, 15) is 4.79 Å². The van der Waals surface area contributed by atoms with Crippen molar-refractivity contribution in [3.63, 3.8) is 0 Å². The number of aromatic nitrogens is 2. The van der Waals surface area contributed by atoms with Crippen LogP contribution in [0.25, 0.3) is 11.4 Å². The molecule has 0 radical (unpaired) electrons. The fraction of sp³-hybridized carbons (Fsp3) is 0.423.